The highest BCUT2D eigenvalue weighted by molar-refractivity contribution is 7.88. The number of ether oxygens (including phenoxy) is 1. The first-order chi connectivity index (χ1) is 11.9. The molecule has 3 rings (SSSR count). The zero-order valence-electron chi connectivity index (χ0n) is 14.3. The minimum absolute atomic E-state index is 0.00971. The Kier molecular flexibility index (Phi) is 5.70. The molecule has 9 nitrogen and oxygen atoms in total. The number of aromatic nitrogens is 2. The van der Waals surface area contributed by atoms with E-state index in [9.17, 15) is 13.2 Å². The van der Waals surface area contributed by atoms with Crippen LogP contribution < -0.4 is 5.32 Å². The van der Waals surface area contributed by atoms with Crippen molar-refractivity contribution in [3.8, 4) is 0 Å². The van der Waals surface area contributed by atoms with Gasteiger partial charge in [0.15, 0.2) is 5.82 Å². The van der Waals surface area contributed by atoms with E-state index in [0.717, 1.165) is 12.8 Å². The molecule has 0 spiro atoms. The van der Waals surface area contributed by atoms with Crippen LogP contribution in [0.1, 0.15) is 43.3 Å². The first kappa shape index (κ1) is 18.3. The number of sulfonamides is 1. The molecular formula is C15H24N4O5S. The van der Waals surface area contributed by atoms with E-state index in [2.05, 4.69) is 15.5 Å². The van der Waals surface area contributed by atoms with Gasteiger partial charge in [-0.15, -0.1) is 0 Å². The zero-order valence-corrected chi connectivity index (χ0v) is 15.1. The van der Waals surface area contributed by atoms with Crippen LogP contribution >= 0.6 is 0 Å². The molecule has 0 unspecified atom stereocenters. The average Bonchev–Trinajstić information content (AvgIpc) is 3.09. The molecule has 140 valence electrons. The summed E-state index contributed by atoms with van der Waals surface area (Å²) in [5, 5.41) is 6.83. The van der Waals surface area contributed by atoms with Crippen LogP contribution in [0.5, 0.6) is 0 Å². The van der Waals surface area contributed by atoms with Crippen molar-refractivity contribution in [3.63, 3.8) is 0 Å². The molecule has 0 saturated carbocycles. The summed E-state index contributed by atoms with van der Waals surface area (Å²) in [6, 6.07) is 0. The molecule has 3 heterocycles. The van der Waals surface area contributed by atoms with Gasteiger partial charge in [-0.3, -0.25) is 4.79 Å². The summed E-state index contributed by atoms with van der Waals surface area (Å²) < 4.78 is 35.0. The maximum Gasteiger partial charge on any atom is 0.246 e. The van der Waals surface area contributed by atoms with Crippen LogP contribution in [0.25, 0.3) is 0 Å². The van der Waals surface area contributed by atoms with Gasteiger partial charge in [-0.2, -0.15) is 4.98 Å². The van der Waals surface area contributed by atoms with Gasteiger partial charge < -0.3 is 14.6 Å². The smallest absolute Gasteiger partial charge is 0.246 e. The third-order valence-corrected chi connectivity index (χ3v) is 6.08. The average molecular weight is 372 g/mol. The van der Waals surface area contributed by atoms with Gasteiger partial charge in [0.2, 0.25) is 21.8 Å². The zero-order chi connectivity index (χ0) is 17.9. The minimum atomic E-state index is -3.14. The number of carbonyl (C=O) groups is 1. The predicted octanol–water partition coefficient (Wildman–Crippen LogP) is 0.251. The van der Waals surface area contributed by atoms with Crippen molar-refractivity contribution in [1.82, 2.24) is 19.8 Å². The molecule has 2 aliphatic rings. The van der Waals surface area contributed by atoms with Crippen LogP contribution in [0.2, 0.25) is 0 Å². The number of hydrogen-bond donors (Lipinski definition) is 1. The van der Waals surface area contributed by atoms with Crippen LogP contribution in [-0.2, 0) is 26.1 Å². The molecule has 0 radical (unpaired) electrons. The van der Waals surface area contributed by atoms with Crippen LogP contribution in [-0.4, -0.2) is 61.3 Å². The van der Waals surface area contributed by atoms with E-state index in [-0.39, 0.29) is 24.3 Å². The highest BCUT2D eigenvalue weighted by Crippen LogP contribution is 2.27. The standard InChI is InChI=1S/C15H24N4O5S/c1-25(21,22)19-6-2-11(3-7-19)14-17-13(24-18-14)10-16-15(20)12-4-8-23-9-5-12/h11-12H,2-10H2,1H3,(H,16,20). The number of piperidine rings is 1. The molecular weight excluding hydrogens is 348 g/mol. The van der Waals surface area contributed by atoms with Gasteiger partial charge in [-0.1, -0.05) is 5.16 Å². The summed E-state index contributed by atoms with van der Waals surface area (Å²) in [5.74, 6) is 1.02. The van der Waals surface area contributed by atoms with Crippen LogP contribution in [0.4, 0.5) is 0 Å². The summed E-state index contributed by atoms with van der Waals surface area (Å²) in [5.41, 5.74) is 0. The molecule has 1 N–H and O–H groups in total. The van der Waals surface area contributed by atoms with Gasteiger partial charge in [-0.05, 0) is 25.7 Å². The lowest BCUT2D eigenvalue weighted by Crippen LogP contribution is -2.37. The summed E-state index contributed by atoms with van der Waals surface area (Å²) in [7, 11) is -3.14. The number of rotatable bonds is 5. The predicted molar refractivity (Wildman–Crippen MR) is 88.1 cm³/mol. The molecule has 2 saturated heterocycles. The topological polar surface area (TPSA) is 115 Å². The lowest BCUT2D eigenvalue weighted by atomic mass is 9.97. The molecule has 10 heteroatoms. The van der Waals surface area contributed by atoms with Crippen molar-refractivity contribution < 1.29 is 22.5 Å². The molecule has 0 aliphatic carbocycles. The summed E-state index contributed by atoms with van der Waals surface area (Å²) in [4.78, 5) is 16.4. The fraction of sp³-hybridized carbons (Fsp3) is 0.800. The quantitative estimate of drug-likeness (QED) is 0.788. The first-order valence-electron chi connectivity index (χ1n) is 8.56. The Morgan fingerprint density at radius 1 is 1.24 bits per heavy atom. The van der Waals surface area contributed by atoms with Crippen molar-refractivity contribution in [3.05, 3.63) is 11.7 Å². The van der Waals surface area contributed by atoms with Gasteiger partial charge in [0.1, 0.15) is 0 Å². The van der Waals surface area contributed by atoms with Gasteiger partial charge in [0, 0.05) is 38.1 Å². The fourth-order valence-electron chi connectivity index (χ4n) is 3.22. The normalized spacial score (nSPS) is 21.3. The molecule has 0 bridgehead atoms. The van der Waals surface area contributed by atoms with Crippen LogP contribution in [0, 0.1) is 5.92 Å². The monoisotopic (exact) mass is 372 g/mol. The van der Waals surface area contributed by atoms with Gasteiger partial charge in [0.25, 0.3) is 0 Å². The second-order valence-corrected chi connectivity index (χ2v) is 8.57. The highest BCUT2D eigenvalue weighted by atomic mass is 32.2. The number of nitrogens with one attached hydrogen (secondary N) is 1. The lowest BCUT2D eigenvalue weighted by molar-refractivity contribution is -0.128. The number of hydrogen-bond acceptors (Lipinski definition) is 7. The van der Waals surface area contributed by atoms with Crippen molar-refractivity contribution in [1.29, 1.82) is 0 Å². The van der Waals surface area contributed by atoms with Gasteiger partial charge in [0.05, 0.1) is 12.8 Å². The third kappa shape index (κ3) is 4.77. The maximum absolute atomic E-state index is 12.1. The number of amides is 1. The van der Waals surface area contributed by atoms with E-state index < -0.39 is 10.0 Å². The van der Waals surface area contributed by atoms with Crippen LogP contribution in [0.3, 0.4) is 0 Å². The van der Waals surface area contributed by atoms with Crippen molar-refractivity contribution in [2.45, 2.75) is 38.1 Å². The summed E-state index contributed by atoms with van der Waals surface area (Å²) in [6.45, 7) is 2.39. The second-order valence-electron chi connectivity index (χ2n) is 6.59. The second kappa shape index (κ2) is 7.79. The lowest BCUT2D eigenvalue weighted by Gasteiger charge is -2.28. The molecule has 0 atom stereocenters. The van der Waals surface area contributed by atoms with E-state index in [1.165, 1.54) is 10.6 Å². The van der Waals surface area contributed by atoms with Gasteiger partial charge in [-0.25, -0.2) is 12.7 Å². The summed E-state index contributed by atoms with van der Waals surface area (Å²) in [6.07, 6.45) is 4.03. The van der Waals surface area contributed by atoms with E-state index in [1.54, 1.807) is 0 Å². The Morgan fingerprint density at radius 3 is 2.56 bits per heavy atom. The van der Waals surface area contributed by atoms with E-state index in [4.69, 9.17) is 9.26 Å². The molecule has 1 amide bonds. The fourth-order valence-corrected chi connectivity index (χ4v) is 4.09. The molecule has 25 heavy (non-hydrogen) atoms. The number of nitrogens with zero attached hydrogens (tertiary/aromatic N) is 3. The van der Waals surface area contributed by atoms with E-state index >= 15 is 0 Å². The Labute approximate surface area is 147 Å². The van der Waals surface area contributed by atoms with Crippen molar-refractivity contribution >= 4 is 15.9 Å². The molecule has 1 aromatic heterocycles. The van der Waals surface area contributed by atoms with E-state index in [1.807, 2.05) is 0 Å². The largest absolute Gasteiger partial charge is 0.381 e. The Bertz CT molecular complexity index is 691. The Morgan fingerprint density at radius 2 is 1.92 bits per heavy atom. The molecule has 1 aromatic rings. The molecule has 2 fully saturated rings. The molecule has 2 aliphatic heterocycles. The van der Waals surface area contributed by atoms with E-state index in [0.29, 0.717) is 50.9 Å². The maximum atomic E-state index is 12.1. The van der Waals surface area contributed by atoms with Crippen molar-refractivity contribution in [2.75, 3.05) is 32.6 Å². The third-order valence-electron chi connectivity index (χ3n) is 4.78. The number of carbonyl (C=O) groups excluding carboxylic acids is 1. The SMILES string of the molecule is CS(=O)(=O)N1CCC(c2noc(CNC(=O)C3CCOCC3)n2)CC1. The summed E-state index contributed by atoms with van der Waals surface area (Å²) >= 11 is 0. The molecule has 0 aromatic carbocycles. The van der Waals surface area contributed by atoms with Crippen LogP contribution in [0.15, 0.2) is 4.52 Å². The Balaban J connectivity index is 1.48. The van der Waals surface area contributed by atoms with Gasteiger partial charge >= 0.3 is 0 Å². The van der Waals surface area contributed by atoms with Crippen molar-refractivity contribution in [2.24, 2.45) is 5.92 Å². The Hall–Kier alpha value is -1.52. The minimum Gasteiger partial charge on any atom is -0.381 e. The first-order valence-corrected chi connectivity index (χ1v) is 10.4. The highest BCUT2D eigenvalue weighted by Gasteiger charge is 2.28.